The summed E-state index contributed by atoms with van der Waals surface area (Å²) in [5.41, 5.74) is -0.370. The summed E-state index contributed by atoms with van der Waals surface area (Å²) >= 11 is 0. The van der Waals surface area contributed by atoms with E-state index >= 15 is 0 Å². The maximum absolute atomic E-state index is 12.0. The van der Waals surface area contributed by atoms with Crippen LogP contribution in [0.3, 0.4) is 0 Å². The maximum atomic E-state index is 12.0. The number of rotatable bonds is 8. The van der Waals surface area contributed by atoms with Crippen molar-refractivity contribution >= 4 is 11.9 Å². The highest BCUT2D eigenvalue weighted by molar-refractivity contribution is 6.00. The fourth-order valence-corrected chi connectivity index (χ4v) is 2.08. The van der Waals surface area contributed by atoms with Gasteiger partial charge in [0.1, 0.15) is 0 Å². The van der Waals surface area contributed by atoms with Gasteiger partial charge in [0.05, 0.1) is 13.2 Å². The van der Waals surface area contributed by atoms with Crippen LogP contribution in [0.1, 0.15) is 47.1 Å². The summed E-state index contributed by atoms with van der Waals surface area (Å²) in [5.74, 6) is -1.06. The van der Waals surface area contributed by atoms with E-state index in [4.69, 9.17) is 9.47 Å². The maximum Gasteiger partial charge on any atom is 0.361 e. The number of esters is 2. The average molecular weight is 332 g/mol. The lowest BCUT2D eigenvalue weighted by Gasteiger charge is -2.08. The second-order valence-electron chi connectivity index (χ2n) is 4.89. The first-order valence-corrected chi connectivity index (χ1v) is 7.84. The van der Waals surface area contributed by atoms with Gasteiger partial charge in [-0.15, -0.1) is 10.2 Å². The highest BCUT2D eigenvalue weighted by Crippen LogP contribution is 2.08. The Labute approximate surface area is 139 Å². The van der Waals surface area contributed by atoms with Crippen LogP contribution in [0.25, 0.3) is 0 Å². The highest BCUT2D eigenvalue weighted by atomic mass is 16.5. The van der Waals surface area contributed by atoms with E-state index in [1.807, 2.05) is 29.1 Å². The molecule has 2 heterocycles. The van der Waals surface area contributed by atoms with Crippen molar-refractivity contribution in [1.29, 1.82) is 0 Å². The number of hydrogen-bond donors (Lipinski definition) is 0. The molecular formula is C16H20N4O4. The van der Waals surface area contributed by atoms with E-state index in [1.165, 1.54) is 0 Å². The van der Waals surface area contributed by atoms with Gasteiger partial charge in [0.15, 0.2) is 11.5 Å². The molecule has 128 valence electrons. The van der Waals surface area contributed by atoms with E-state index in [0.29, 0.717) is 12.2 Å². The molecule has 24 heavy (non-hydrogen) atoms. The van der Waals surface area contributed by atoms with Crippen LogP contribution in [0, 0.1) is 0 Å². The van der Waals surface area contributed by atoms with Gasteiger partial charge in [-0.1, -0.05) is 0 Å². The molecule has 0 aliphatic rings. The fourth-order valence-electron chi connectivity index (χ4n) is 2.08. The molecule has 0 saturated carbocycles. The smallest absolute Gasteiger partial charge is 0.361 e. The van der Waals surface area contributed by atoms with Gasteiger partial charge >= 0.3 is 11.9 Å². The molecule has 0 atom stereocenters. The van der Waals surface area contributed by atoms with Gasteiger partial charge in [-0.2, -0.15) is 0 Å². The standard InChI is InChI=1S/C16H20N4O4/c1-3-23-15(21)13-14(16(22)24-4-2)19-18-12(17-13)8-7-11-20-9-5-6-10-20/h5-6,9-10H,3-4,7-8,11H2,1-2H3. The lowest BCUT2D eigenvalue weighted by atomic mass is 10.2. The van der Waals surface area contributed by atoms with Crippen LogP contribution in [0.2, 0.25) is 0 Å². The minimum Gasteiger partial charge on any atom is -0.461 e. The summed E-state index contributed by atoms with van der Waals surface area (Å²) in [4.78, 5) is 28.1. The number of nitrogens with zero attached hydrogens (tertiary/aromatic N) is 4. The Kier molecular flexibility index (Phi) is 6.41. The Hall–Kier alpha value is -2.77. The van der Waals surface area contributed by atoms with E-state index < -0.39 is 11.9 Å². The predicted octanol–water partition coefficient (Wildman–Crippen LogP) is 1.66. The largest absolute Gasteiger partial charge is 0.461 e. The summed E-state index contributed by atoms with van der Waals surface area (Å²) in [6.45, 7) is 4.48. The molecule has 0 aliphatic carbocycles. The fraction of sp³-hybridized carbons (Fsp3) is 0.438. The number of carbonyl (C=O) groups excluding carboxylic acids is 2. The molecule has 8 nitrogen and oxygen atoms in total. The van der Waals surface area contributed by atoms with E-state index in [-0.39, 0.29) is 24.6 Å². The van der Waals surface area contributed by atoms with E-state index in [9.17, 15) is 9.59 Å². The molecule has 8 heteroatoms. The van der Waals surface area contributed by atoms with Gasteiger partial charge in [-0.05, 0) is 32.4 Å². The molecule has 0 fully saturated rings. The lowest BCUT2D eigenvalue weighted by Crippen LogP contribution is -2.20. The van der Waals surface area contributed by atoms with Crippen molar-refractivity contribution in [3.05, 3.63) is 41.7 Å². The van der Waals surface area contributed by atoms with Crippen molar-refractivity contribution in [2.45, 2.75) is 33.2 Å². The summed E-state index contributed by atoms with van der Waals surface area (Å²) in [5, 5.41) is 7.75. The van der Waals surface area contributed by atoms with Gasteiger partial charge in [0, 0.05) is 25.4 Å². The van der Waals surface area contributed by atoms with E-state index in [0.717, 1.165) is 13.0 Å². The molecular weight excluding hydrogens is 312 g/mol. The molecule has 0 aliphatic heterocycles. The summed E-state index contributed by atoms with van der Waals surface area (Å²) in [6.07, 6.45) is 5.23. The molecule has 0 saturated heterocycles. The van der Waals surface area contributed by atoms with Gasteiger partial charge in [0.25, 0.3) is 0 Å². The third-order valence-corrected chi connectivity index (χ3v) is 3.15. The first-order valence-electron chi connectivity index (χ1n) is 7.84. The Morgan fingerprint density at radius 2 is 1.62 bits per heavy atom. The van der Waals surface area contributed by atoms with Gasteiger partial charge in [-0.25, -0.2) is 14.6 Å². The zero-order valence-corrected chi connectivity index (χ0v) is 13.8. The first kappa shape index (κ1) is 17.6. The Bertz CT molecular complexity index is 685. The second-order valence-corrected chi connectivity index (χ2v) is 4.89. The highest BCUT2D eigenvalue weighted by Gasteiger charge is 2.24. The second kappa shape index (κ2) is 8.76. The Morgan fingerprint density at radius 3 is 2.25 bits per heavy atom. The van der Waals surface area contributed by atoms with Gasteiger partial charge in [0.2, 0.25) is 5.69 Å². The van der Waals surface area contributed by atoms with Crippen LogP contribution in [0.15, 0.2) is 24.5 Å². The van der Waals surface area contributed by atoms with Crippen LogP contribution in [-0.2, 0) is 22.4 Å². The quantitative estimate of drug-likeness (QED) is 0.678. The first-order chi connectivity index (χ1) is 11.7. The lowest BCUT2D eigenvalue weighted by molar-refractivity contribution is 0.0465. The predicted molar refractivity (Wildman–Crippen MR) is 84.5 cm³/mol. The van der Waals surface area contributed by atoms with Crippen LogP contribution >= 0.6 is 0 Å². The summed E-state index contributed by atoms with van der Waals surface area (Å²) < 4.78 is 11.8. The number of aryl methyl sites for hydroxylation is 2. The van der Waals surface area contributed by atoms with Crippen molar-refractivity contribution in [3.8, 4) is 0 Å². The van der Waals surface area contributed by atoms with Crippen molar-refractivity contribution < 1.29 is 19.1 Å². The third-order valence-electron chi connectivity index (χ3n) is 3.15. The number of carbonyl (C=O) groups is 2. The summed E-state index contributed by atoms with van der Waals surface area (Å²) in [7, 11) is 0. The molecule has 2 aromatic heterocycles. The minimum absolute atomic E-state index is 0.152. The van der Waals surface area contributed by atoms with Crippen molar-refractivity contribution in [2.24, 2.45) is 0 Å². The van der Waals surface area contributed by atoms with Crippen LogP contribution in [0.5, 0.6) is 0 Å². The molecule has 0 radical (unpaired) electrons. The molecule has 0 N–H and O–H groups in total. The third kappa shape index (κ3) is 4.61. The average Bonchev–Trinajstić information content (AvgIpc) is 3.08. The summed E-state index contributed by atoms with van der Waals surface area (Å²) in [6, 6.07) is 3.90. The molecule has 0 spiro atoms. The molecule has 0 unspecified atom stereocenters. The zero-order chi connectivity index (χ0) is 17.4. The Morgan fingerprint density at radius 1 is 1.00 bits per heavy atom. The topological polar surface area (TPSA) is 96.2 Å². The van der Waals surface area contributed by atoms with Crippen LogP contribution in [-0.4, -0.2) is 44.9 Å². The molecule has 0 bridgehead atoms. The van der Waals surface area contributed by atoms with Crippen LogP contribution in [0.4, 0.5) is 0 Å². The number of aromatic nitrogens is 4. The number of ether oxygens (including phenoxy) is 2. The molecule has 0 amide bonds. The van der Waals surface area contributed by atoms with Crippen molar-refractivity contribution in [2.75, 3.05) is 13.2 Å². The Balaban J connectivity index is 2.13. The van der Waals surface area contributed by atoms with E-state index in [2.05, 4.69) is 15.2 Å². The van der Waals surface area contributed by atoms with Gasteiger partial charge < -0.3 is 14.0 Å². The molecule has 0 aromatic carbocycles. The molecule has 2 rings (SSSR count). The van der Waals surface area contributed by atoms with Crippen molar-refractivity contribution in [3.63, 3.8) is 0 Å². The van der Waals surface area contributed by atoms with Crippen LogP contribution < -0.4 is 0 Å². The van der Waals surface area contributed by atoms with E-state index in [1.54, 1.807) is 13.8 Å². The number of hydrogen-bond acceptors (Lipinski definition) is 7. The SMILES string of the molecule is CCOC(=O)c1nnc(CCCn2cccc2)nc1C(=O)OCC. The van der Waals surface area contributed by atoms with Crippen molar-refractivity contribution in [1.82, 2.24) is 19.7 Å². The minimum atomic E-state index is -0.737. The normalized spacial score (nSPS) is 10.4. The zero-order valence-electron chi connectivity index (χ0n) is 13.8. The molecule has 2 aromatic rings. The monoisotopic (exact) mass is 332 g/mol. The van der Waals surface area contributed by atoms with Gasteiger partial charge in [-0.3, -0.25) is 0 Å².